The Bertz CT molecular complexity index is 2030. The van der Waals surface area contributed by atoms with Gasteiger partial charge in [0.05, 0.1) is 4.92 Å². The molecule has 2 aliphatic rings. The Labute approximate surface area is 245 Å². The minimum atomic E-state index is -0.419. The topological polar surface area (TPSA) is 63.4 Å². The molecule has 0 saturated heterocycles. The molecule has 208 valence electrons. The van der Waals surface area contributed by atoms with E-state index >= 15 is 0 Å². The standard InChI is InChI=1S/C38H33NO3/c1-37(2)18-17-28-26(21-37)22-38(3,4)36-31-14-10-24(19-25(31)11-15-32(28)36)30-13-9-23-7-5-6-8-29(23)35(30)33-20-27(39(41)42)12-16-34(33)40/h5-20,40H,21-22H2,1-4H3. The van der Waals surface area contributed by atoms with Gasteiger partial charge in [-0.1, -0.05) is 106 Å². The van der Waals surface area contributed by atoms with Crippen molar-refractivity contribution in [3.63, 3.8) is 0 Å². The van der Waals surface area contributed by atoms with E-state index in [1.165, 1.54) is 40.3 Å². The lowest BCUT2D eigenvalue weighted by molar-refractivity contribution is -0.384. The first-order valence-corrected chi connectivity index (χ1v) is 14.5. The van der Waals surface area contributed by atoms with Gasteiger partial charge < -0.3 is 5.11 Å². The second kappa shape index (κ2) is 9.15. The van der Waals surface area contributed by atoms with E-state index in [1.54, 1.807) is 5.57 Å². The predicted octanol–water partition coefficient (Wildman–Crippen LogP) is 10.4. The van der Waals surface area contributed by atoms with Crippen LogP contribution in [0.1, 0.15) is 51.7 Å². The Hall–Kier alpha value is -4.70. The molecule has 0 radical (unpaired) electrons. The molecule has 0 bridgehead atoms. The summed E-state index contributed by atoms with van der Waals surface area (Å²) in [7, 11) is 0. The van der Waals surface area contributed by atoms with E-state index in [0.29, 0.717) is 5.56 Å². The van der Waals surface area contributed by atoms with Crippen molar-refractivity contribution in [3.05, 3.63) is 124 Å². The average molecular weight is 552 g/mol. The number of nitro groups is 1. The Morgan fingerprint density at radius 3 is 2.33 bits per heavy atom. The molecule has 1 N–H and O–H groups in total. The zero-order valence-electron chi connectivity index (χ0n) is 24.4. The molecule has 4 nitrogen and oxygen atoms in total. The van der Waals surface area contributed by atoms with E-state index in [2.05, 4.69) is 82.3 Å². The molecule has 2 aliphatic carbocycles. The molecule has 0 fully saturated rings. The number of nitrogens with zero attached hydrogens (tertiary/aromatic N) is 1. The molecule has 7 rings (SSSR count). The molecule has 0 atom stereocenters. The number of hydrogen-bond acceptors (Lipinski definition) is 3. The van der Waals surface area contributed by atoms with Crippen molar-refractivity contribution in [1.82, 2.24) is 0 Å². The smallest absolute Gasteiger partial charge is 0.270 e. The van der Waals surface area contributed by atoms with Crippen LogP contribution in [0.25, 0.3) is 49.4 Å². The highest BCUT2D eigenvalue weighted by Crippen LogP contribution is 2.51. The quantitative estimate of drug-likeness (QED) is 0.179. The van der Waals surface area contributed by atoms with Gasteiger partial charge in [0.15, 0.2) is 0 Å². The third-order valence-corrected chi connectivity index (χ3v) is 9.09. The van der Waals surface area contributed by atoms with Crippen molar-refractivity contribution in [2.24, 2.45) is 5.41 Å². The summed E-state index contributed by atoms with van der Waals surface area (Å²) in [6, 6.07) is 27.5. The van der Waals surface area contributed by atoms with Crippen LogP contribution in [0.2, 0.25) is 0 Å². The van der Waals surface area contributed by atoms with Crippen LogP contribution in [-0.2, 0) is 5.41 Å². The molecule has 0 unspecified atom stereocenters. The number of nitro benzene ring substituents is 1. The van der Waals surface area contributed by atoms with Crippen LogP contribution in [0.4, 0.5) is 5.69 Å². The summed E-state index contributed by atoms with van der Waals surface area (Å²) < 4.78 is 0. The molecule has 42 heavy (non-hydrogen) atoms. The summed E-state index contributed by atoms with van der Waals surface area (Å²) in [5.41, 5.74) is 8.95. The number of phenols is 1. The Balaban J connectivity index is 1.45. The third-order valence-electron chi connectivity index (χ3n) is 9.09. The molecular formula is C38H33NO3. The van der Waals surface area contributed by atoms with Crippen LogP contribution in [-0.4, -0.2) is 10.0 Å². The normalized spacial score (nSPS) is 16.9. The maximum atomic E-state index is 11.7. The molecule has 0 aliphatic heterocycles. The summed E-state index contributed by atoms with van der Waals surface area (Å²) >= 11 is 0. The highest BCUT2D eigenvalue weighted by Gasteiger charge is 2.36. The Morgan fingerprint density at radius 2 is 1.52 bits per heavy atom. The number of phenolic OH excluding ortho intramolecular Hbond substituents is 1. The lowest BCUT2D eigenvalue weighted by Gasteiger charge is -2.40. The zero-order valence-corrected chi connectivity index (χ0v) is 24.4. The number of benzene rings is 5. The Morgan fingerprint density at radius 1 is 0.762 bits per heavy atom. The fourth-order valence-corrected chi connectivity index (χ4v) is 7.28. The van der Waals surface area contributed by atoms with Gasteiger partial charge in [-0.15, -0.1) is 0 Å². The second-order valence-corrected chi connectivity index (χ2v) is 13.2. The first-order valence-electron chi connectivity index (χ1n) is 14.5. The number of allylic oxidation sites excluding steroid dienone is 4. The molecule has 4 heteroatoms. The molecule has 5 aromatic rings. The van der Waals surface area contributed by atoms with Gasteiger partial charge in [-0.3, -0.25) is 10.1 Å². The fraction of sp³-hybridized carbons (Fsp3) is 0.211. The van der Waals surface area contributed by atoms with Gasteiger partial charge in [0.2, 0.25) is 0 Å². The van der Waals surface area contributed by atoms with Gasteiger partial charge in [-0.25, -0.2) is 0 Å². The van der Waals surface area contributed by atoms with Crippen molar-refractivity contribution >= 4 is 32.8 Å². The lowest BCUT2D eigenvalue weighted by atomic mass is 9.64. The number of non-ortho nitro benzene ring substituents is 1. The molecule has 0 amide bonds. The maximum absolute atomic E-state index is 11.7. The molecule has 0 spiro atoms. The van der Waals surface area contributed by atoms with Gasteiger partial charge in [0.1, 0.15) is 5.75 Å². The van der Waals surface area contributed by atoms with Crippen LogP contribution in [0.5, 0.6) is 5.75 Å². The minimum Gasteiger partial charge on any atom is -0.507 e. The van der Waals surface area contributed by atoms with Crippen LogP contribution in [0.15, 0.2) is 103 Å². The molecule has 0 aromatic heterocycles. The first-order chi connectivity index (χ1) is 20.0. The molecule has 5 aromatic carbocycles. The molecule has 0 heterocycles. The van der Waals surface area contributed by atoms with E-state index < -0.39 is 4.92 Å². The Kier molecular flexibility index (Phi) is 5.71. The molecular weight excluding hydrogens is 518 g/mol. The van der Waals surface area contributed by atoms with E-state index in [-0.39, 0.29) is 22.3 Å². The van der Waals surface area contributed by atoms with Gasteiger partial charge in [-0.2, -0.15) is 0 Å². The SMILES string of the molecule is CC1(C)C=CC2=C(C1)CC(C)(C)c1c2ccc2cc(-c3ccc4ccccc4c3-c3cc([N+](=O)[O-])ccc3O)ccc12. The first kappa shape index (κ1) is 26.2. The van der Waals surface area contributed by atoms with Crippen LogP contribution in [0, 0.1) is 15.5 Å². The van der Waals surface area contributed by atoms with Gasteiger partial charge in [0.25, 0.3) is 5.69 Å². The summed E-state index contributed by atoms with van der Waals surface area (Å²) in [5.74, 6) is 0.0163. The summed E-state index contributed by atoms with van der Waals surface area (Å²) in [5, 5.41) is 27.0. The fourth-order valence-electron chi connectivity index (χ4n) is 7.28. The number of hydrogen-bond donors (Lipinski definition) is 1. The third kappa shape index (κ3) is 4.13. The van der Waals surface area contributed by atoms with Gasteiger partial charge in [-0.05, 0) is 85.2 Å². The molecule has 0 saturated carbocycles. The van der Waals surface area contributed by atoms with Crippen LogP contribution in [0.3, 0.4) is 0 Å². The minimum absolute atomic E-state index is 0.000668. The second-order valence-electron chi connectivity index (χ2n) is 13.2. The van der Waals surface area contributed by atoms with Crippen molar-refractivity contribution < 1.29 is 10.0 Å². The number of rotatable bonds is 3. The summed E-state index contributed by atoms with van der Waals surface area (Å²) in [4.78, 5) is 11.2. The van der Waals surface area contributed by atoms with E-state index in [9.17, 15) is 15.2 Å². The highest BCUT2D eigenvalue weighted by molar-refractivity contribution is 6.07. The number of fused-ring (bicyclic) bond motifs is 5. The lowest BCUT2D eigenvalue weighted by Crippen LogP contribution is -2.27. The summed E-state index contributed by atoms with van der Waals surface area (Å²) in [6.07, 6.45) is 6.82. The largest absolute Gasteiger partial charge is 0.507 e. The van der Waals surface area contributed by atoms with E-state index in [4.69, 9.17) is 0 Å². The van der Waals surface area contributed by atoms with Crippen molar-refractivity contribution in [3.8, 4) is 28.0 Å². The zero-order chi connectivity index (χ0) is 29.4. The highest BCUT2D eigenvalue weighted by atomic mass is 16.6. The van der Waals surface area contributed by atoms with E-state index in [1.807, 2.05) is 24.3 Å². The van der Waals surface area contributed by atoms with E-state index in [0.717, 1.165) is 45.7 Å². The van der Waals surface area contributed by atoms with Gasteiger partial charge in [0, 0.05) is 23.3 Å². The van der Waals surface area contributed by atoms with Crippen molar-refractivity contribution in [1.29, 1.82) is 0 Å². The van der Waals surface area contributed by atoms with Crippen LogP contribution >= 0.6 is 0 Å². The number of aromatic hydroxyl groups is 1. The van der Waals surface area contributed by atoms with Crippen molar-refractivity contribution in [2.45, 2.75) is 46.0 Å². The summed E-state index contributed by atoms with van der Waals surface area (Å²) in [6.45, 7) is 9.35. The van der Waals surface area contributed by atoms with Crippen LogP contribution < -0.4 is 0 Å². The van der Waals surface area contributed by atoms with Crippen molar-refractivity contribution in [2.75, 3.05) is 0 Å². The van der Waals surface area contributed by atoms with Gasteiger partial charge >= 0.3 is 0 Å². The average Bonchev–Trinajstić information content (AvgIpc) is 2.95. The monoisotopic (exact) mass is 551 g/mol. The predicted molar refractivity (Wildman–Crippen MR) is 173 cm³/mol. The maximum Gasteiger partial charge on any atom is 0.270 e.